The third kappa shape index (κ3) is 3.76. The van der Waals surface area contributed by atoms with Crippen LogP contribution < -0.4 is 15.0 Å². The second-order valence-corrected chi connectivity index (χ2v) is 5.80. The first kappa shape index (κ1) is 14.4. The minimum absolute atomic E-state index is 0.115. The number of hydrogen-bond donors (Lipinski definition) is 1. The highest BCUT2D eigenvalue weighted by molar-refractivity contribution is 5.69. The van der Waals surface area contributed by atoms with Crippen LogP contribution in [0.25, 0.3) is 0 Å². The zero-order valence-corrected chi connectivity index (χ0v) is 12.3. The number of ether oxygens (including phenoxy) is 2. The summed E-state index contributed by atoms with van der Waals surface area (Å²) in [6, 6.07) is 3.92. The van der Waals surface area contributed by atoms with Gasteiger partial charge in [0.25, 0.3) is 0 Å². The molecule has 1 amide bonds. The van der Waals surface area contributed by atoms with E-state index in [0.29, 0.717) is 5.88 Å². The van der Waals surface area contributed by atoms with Crippen molar-refractivity contribution in [2.75, 3.05) is 25.1 Å². The van der Waals surface area contributed by atoms with Gasteiger partial charge >= 0.3 is 6.09 Å². The number of carbonyl (C=O) groups is 1. The van der Waals surface area contributed by atoms with E-state index in [1.165, 1.54) is 0 Å². The molecule has 1 aliphatic heterocycles. The number of amides is 1. The number of pyridine rings is 1. The van der Waals surface area contributed by atoms with Gasteiger partial charge in [-0.1, -0.05) is 0 Å². The Bertz CT molecular complexity index is 479. The topological polar surface area (TPSA) is 63.7 Å². The number of nitrogens with one attached hydrogen (secondary N) is 1. The summed E-state index contributed by atoms with van der Waals surface area (Å²) in [6.07, 6.45) is 1.34. The van der Waals surface area contributed by atoms with Crippen LogP contribution in [-0.2, 0) is 4.74 Å². The Hall–Kier alpha value is -1.98. The van der Waals surface area contributed by atoms with E-state index in [4.69, 9.17) is 9.47 Å². The fraction of sp³-hybridized carbons (Fsp3) is 0.571. The molecular formula is C14H21N3O3. The molecule has 0 unspecified atom stereocenters. The lowest BCUT2D eigenvalue weighted by atomic mass is 10.1. The number of alkyl carbamates (subject to hydrolysis) is 1. The van der Waals surface area contributed by atoms with E-state index in [-0.39, 0.29) is 12.1 Å². The van der Waals surface area contributed by atoms with E-state index >= 15 is 0 Å². The van der Waals surface area contributed by atoms with Crippen molar-refractivity contribution < 1.29 is 14.3 Å². The highest BCUT2D eigenvalue weighted by Gasteiger charge is 2.30. The van der Waals surface area contributed by atoms with Crippen LogP contribution in [0.3, 0.4) is 0 Å². The largest absolute Gasteiger partial charge is 0.481 e. The molecule has 1 saturated heterocycles. The summed E-state index contributed by atoms with van der Waals surface area (Å²) in [4.78, 5) is 17.8. The van der Waals surface area contributed by atoms with Crippen LogP contribution in [0, 0.1) is 0 Å². The number of hydrogen-bond acceptors (Lipinski definition) is 5. The van der Waals surface area contributed by atoms with Crippen molar-refractivity contribution in [1.82, 2.24) is 10.3 Å². The van der Waals surface area contributed by atoms with Crippen molar-refractivity contribution >= 4 is 11.8 Å². The van der Waals surface area contributed by atoms with Gasteiger partial charge in [0.15, 0.2) is 0 Å². The van der Waals surface area contributed by atoms with E-state index in [9.17, 15) is 4.79 Å². The van der Waals surface area contributed by atoms with Gasteiger partial charge in [0.05, 0.1) is 13.2 Å². The normalized spacial score (nSPS) is 15.5. The minimum Gasteiger partial charge on any atom is -0.481 e. The Morgan fingerprint density at radius 3 is 2.75 bits per heavy atom. The van der Waals surface area contributed by atoms with Gasteiger partial charge in [-0.25, -0.2) is 9.78 Å². The third-order valence-electron chi connectivity index (χ3n) is 2.90. The summed E-state index contributed by atoms with van der Waals surface area (Å²) >= 11 is 0. The molecule has 1 aromatic heterocycles. The number of methoxy groups -OCH3 is 1. The van der Waals surface area contributed by atoms with E-state index in [0.717, 1.165) is 18.8 Å². The lowest BCUT2D eigenvalue weighted by Crippen LogP contribution is -2.60. The lowest BCUT2D eigenvalue weighted by molar-refractivity contribution is 0.0496. The van der Waals surface area contributed by atoms with Crippen LogP contribution in [0.1, 0.15) is 20.8 Å². The summed E-state index contributed by atoms with van der Waals surface area (Å²) in [5.41, 5.74) is 0.575. The Labute approximate surface area is 119 Å². The molecule has 0 spiro atoms. The molecule has 110 valence electrons. The van der Waals surface area contributed by atoms with Gasteiger partial charge in [0.2, 0.25) is 5.88 Å². The van der Waals surface area contributed by atoms with E-state index in [2.05, 4.69) is 15.2 Å². The quantitative estimate of drug-likeness (QED) is 0.914. The molecule has 0 aliphatic carbocycles. The van der Waals surface area contributed by atoms with Gasteiger partial charge in [0.1, 0.15) is 5.60 Å². The van der Waals surface area contributed by atoms with Crippen LogP contribution in [-0.4, -0.2) is 42.9 Å². The monoisotopic (exact) mass is 279 g/mol. The number of aromatic nitrogens is 1. The smallest absolute Gasteiger partial charge is 0.407 e. The molecule has 0 radical (unpaired) electrons. The summed E-state index contributed by atoms with van der Waals surface area (Å²) in [5, 5.41) is 2.85. The molecule has 2 rings (SSSR count). The van der Waals surface area contributed by atoms with Crippen molar-refractivity contribution in [3.05, 3.63) is 18.3 Å². The Balaban J connectivity index is 1.81. The molecule has 0 saturated carbocycles. The predicted octanol–water partition coefficient (Wildman–Crippen LogP) is 1.80. The fourth-order valence-corrected chi connectivity index (χ4v) is 1.96. The van der Waals surface area contributed by atoms with Crippen molar-refractivity contribution in [3.63, 3.8) is 0 Å². The molecule has 2 heterocycles. The SMILES string of the molecule is COc1cc(N2CC(NC(=O)OC(C)(C)C)C2)ccn1. The zero-order valence-electron chi connectivity index (χ0n) is 12.3. The summed E-state index contributed by atoms with van der Waals surface area (Å²) in [5.74, 6) is 0.589. The average Bonchev–Trinajstić information content (AvgIpc) is 2.31. The Morgan fingerprint density at radius 2 is 2.15 bits per heavy atom. The zero-order chi connectivity index (χ0) is 14.8. The van der Waals surface area contributed by atoms with Crippen LogP contribution in [0.5, 0.6) is 5.88 Å². The van der Waals surface area contributed by atoms with E-state index in [1.807, 2.05) is 32.9 Å². The molecule has 0 bridgehead atoms. The third-order valence-corrected chi connectivity index (χ3v) is 2.90. The maximum atomic E-state index is 11.6. The molecule has 6 heteroatoms. The molecule has 1 fully saturated rings. The minimum atomic E-state index is -0.466. The maximum Gasteiger partial charge on any atom is 0.407 e. The number of nitrogens with zero attached hydrogens (tertiary/aromatic N) is 2. The standard InChI is InChI=1S/C14H21N3O3/c1-14(2,3)20-13(18)16-10-8-17(9-10)11-5-6-15-12(7-11)19-4/h5-7,10H,8-9H2,1-4H3,(H,16,18). The molecule has 1 aromatic rings. The van der Waals surface area contributed by atoms with Gasteiger partial charge in [0, 0.05) is 31.0 Å². The van der Waals surface area contributed by atoms with Crippen molar-refractivity contribution in [3.8, 4) is 5.88 Å². The molecule has 1 N–H and O–H groups in total. The number of carbonyl (C=O) groups excluding carboxylic acids is 1. The van der Waals surface area contributed by atoms with Crippen LogP contribution in [0.4, 0.5) is 10.5 Å². The summed E-state index contributed by atoms with van der Waals surface area (Å²) in [6.45, 7) is 7.06. The van der Waals surface area contributed by atoms with E-state index < -0.39 is 5.60 Å². The number of rotatable bonds is 3. The number of anilines is 1. The van der Waals surface area contributed by atoms with E-state index in [1.54, 1.807) is 13.3 Å². The van der Waals surface area contributed by atoms with Gasteiger partial charge in [-0.15, -0.1) is 0 Å². The first-order valence-electron chi connectivity index (χ1n) is 6.62. The second-order valence-electron chi connectivity index (χ2n) is 5.80. The predicted molar refractivity (Wildman–Crippen MR) is 76.2 cm³/mol. The second kappa shape index (κ2) is 5.56. The summed E-state index contributed by atoms with van der Waals surface area (Å²) < 4.78 is 10.3. The molecular weight excluding hydrogens is 258 g/mol. The van der Waals surface area contributed by atoms with Crippen molar-refractivity contribution in [1.29, 1.82) is 0 Å². The van der Waals surface area contributed by atoms with Gasteiger partial charge in [-0.3, -0.25) is 0 Å². The van der Waals surface area contributed by atoms with Crippen LogP contribution in [0.15, 0.2) is 18.3 Å². The lowest BCUT2D eigenvalue weighted by Gasteiger charge is -2.41. The van der Waals surface area contributed by atoms with Crippen molar-refractivity contribution in [2.24, 2.45) is 0 Å². The average molecular weight is 279 g/mol. The van der Waals surface area contributed by atoms with Gasteiger partial charge < -0.3 is 19.7 Å². The highest BCUT2D eigenvalue weighted by Crippen LogP contribution is 2.23. The first-order valence-corrected chi connectivity index (χ1v) is 6.62. The van der Waals surface area contributed by atoms with Gasteiger partial charge in [-0.2, -0.15) is 0 Å². The molecule has 1 aliphatic rings. The molecule has 0 aromatic carbocycles. The Morgan fingerprint density at radius 1 is 1.45 bits per heavy atom. The Kier molecular flexibility index (Phi) is 4.01. The van der Waals surface area contributed by atoms with Crippen LogP contribution >= 0.6 is 0 Å². The first-order chi connectivity index (χ1) is 9.37. The van der Waals surface area contributed by atoms with Gasteiger partial charge in [-0.05, 0) is 26.8 Å². The summed E-state index contributed by atoms with van der Waals surface area (Å²) in [7, 11) is 1.59. The van der Waals surface area contributed by atoms with Crippen LogP contribution in [0.2, 0.25) is 0 Å². The molecule has 0 atom stereocenters. The van der Waals surface area contributed by atoms with Crippen molar-refractivity contribution in [2.45, 2.75) is 32.4 Å². The fourth-order valence-electron chi connectivity index (χ4n) is 1.96. The molecule has 6 nitrogen and oxygen atoms in total. The molecule has 20 heavy (non-hydrogen) atoms. The maximum absolute atomic E-state index is 11.6. The highest BCUT2D eigenvalue weighted by atomic mass is 16.6.